The number of hydrogen-bond acceptors (Lipinski definition) is 2. The summed E-state index contributed by atoms with van der Waals surface area (Å²) in [5.74, 6) is 0.311. The Morgan fingerprint density at radius 1 is 1.00 bits per heavy atom. The second kappa shape index (κ2) is 8.00. The van der Waals surface area contributed by atoms with Crippen molar-refractivity contribution < 1.29 is 4.79 Å². The zero-order chi connectivity index (χ0) is 16.8. The number of anilines is 1. The molecule has 2 aromatic carbocycles. The van der Waals surface area contributed by atoms with Gasteiger partial charge in [-0.2, -0.15) is 0 Å². The Morgan fingerprint density at radius 3 is 2.33 bits per heavy atom. The standard InChI is InChI=1S/C21H26N2O/c1-17(18-8-4-2-5-9-18)16-22-21(24)19-10-12-20(13-11-19)23-14-6-3-7-15-23/h2,4-5,8-13,17H,3,6-7,14-16H2,1H3,(H,22,24). The normalized spacial score (nSPS) is 15.8. The summed E-state index contributed by atoms with van der Waals surface area (Å²) in [7, 11) is 0. The molecule has 0 saturated carbocycles. The number of hydrogen-bond donors (Lipinski definition) is 1. The maximum absolute atomic E-state index is 12.3. The molecule has 3 heteroatoms. The van der Waals surface area contributed by atoms with E-state index < -0.39 is 0 Å². The smallest absolute Gasteiger partial charge is 0.251 e. The number of benzene rings is 2. The van der Waals surface area contributed by atoms with E-state index in [4.69, 9.17) is 0 Å². The third kappa shape index (κ3) is 4.16. The van der Waals surface area contributed by atoms with Crippen LogP contribution in [-0.2, 0) is 0 Å². The Morgan fingerprint density at radius 2 is 1.67 bits per heavy atom. The van der Waals surface area contributed by atoms with E-state index in [0.29, 0.717) is 12.5 Å². The molecule has 24 heavy (non-hydrogen) atoms. The first-order valence-corrected chi connectivity index (χ1v) is 8.92. The van der Waals surface area contributed by atoms with Gasteiger partial charge in [0.15, 0.2) is 0 Å². The van der Waals surface area contributed by atoms with Crippen molar-refractivity contribution >= 4 is 11.6 Å². The molecule has 1 heterocycles. The van der Waals surface area contributed by atoms with Crippen molar-refractivity contribution in [2.45, 2.75) is 32.1 Å². The van der Waals surface area contributed by atoms with Gasteiger partial charge in [0.25, 0.3) is 5.91 Å². The average molecular weight is 322 g/mol. The molecule has 1 unspecified atom stereocenters. The molecule has 126 valence electrons. The van der Waals surface area contributed by atoms with Crippen LogP contribution in [0.1, 0.15) is 48.0 Å². The Balaban J connectivity index is 1.55. The predicted octanol–water partition coefficient (Wildman–Crippen LogP) is 4.21. The van der Waals surface area contributed by atoms with E-state index in [0.717, 1.165) is 18.7 Å². The van der Waals surface area contributed by atoms with E-state index >= 15 is 0 Å². The van der Waals surface area contributed by atoms with Gasteiger partial charge in [0.05, 0.1) is 0 Å². The van der Waals surface area contributed by atoms with Gasteiger partial charge in [-0.15, -0.1) is 0 Å². The van der Waals surface area contributed by atoms with Crippen molar-refractivity contribution in [1.82, 2.24) is 5.32 Å². The maximum atomic E-state index is 12.3. The topological polar surface area (TPSA) is 32.3 Å². The second-order valence-electron chi connectivity index (χ2n) is 6.62. The van der Waals surface area contributed by atoms with Gasteiger partial charge in [0, 0.05) is 30.9 Å². The van der Waals surface area contributed by atoms with Gasteiger partial charge in [0.2, 0.25) is 0 Å². The van der Waals surface area contributed by atoms with Crippen LogP contribution in [0.15, 0.2) is 54.6 Å². The average Bonchev–Trinajstić information content (AvgIpc) is 2.67. The summed E-state index contributed by atoms with van der Waals surface area (Å²) in [4.78, 5) is 14.7. The monoisotopic (exact) mass is 322 g/mol. The lowest BCUT2D eigenvalue weighted by molar-refractivity contribution is 0.0951. The van der Waals surface area contributed by atoms with Gasteiger partial charge in [-0.3, -0.25) is 4.79 Å². The molecule has 0 aromatic heterocycles. The van der Waals surface area contributed by atoms with Crippen LogP contribution in [0.25, 0.3) is 0 Å². The molecule has 1 aliphatic heterocycles. The molecule has 1 N–H and O–H groups in total. The number of nitrogens with zero attached hydrogens (tertiary/aromatic N) is 1. The zero-order valence-electron chi connectivity index (χ0n) is 14.4. The lowest BCUT2D eigenvalue weighted by Gasteiger charge is -2.28. The first kappa shape index (κ1) is 16.6. The molecule has 1 saturated heterocycles. The van der Waals surface area contributed by atoms with Crippen LogP contribution in [0.4, 0.5) is 5.69 Å². The number of carbonyl (C=O) groups is 1. The van der Waals surface area contributed by atoms with E-state index in [1.165, 1.54) is 30.5 Å². The van der Waals surface area contributed by atoms with E-state index in [1.54, 1.807) is 0 Å². The molecule has 3 rings (SSSR count). The first-order valence-electron chi connectivity index (χ1n) is 8.92. The molecule has 1 atom stereocenters. The van der Waals surface area contributed by atoms with Gasteiger partial charge in [-0.25, -0.2) is 0 Å². The second-order valence-corrected chi connectivity index (χ2v) is 6.62. The summed E-state index contributed by atoms with van der Waals surface area (Å²) in [6.45, 7) is 5.03. The molecule has 0 radical (unpaired) electrons. The Labute approximate surface area is 144 Å². The molecule has 1 amide bonds. The SMILES string of the molecule is CC(CNC(=O)c1ccc(N2CCCCC2)cc1)c1ccccc1. The highest BCUT2D eigenvalue weighted by molar-refractivity contribution is 5.94. The third-order valence-corrected chi connectivity index (χ3v) is 4.79. The minimum absolute atomic E-state index is 0.00275. The maximum Gasteiger partial charge on any atom is 0.251 e. The van der Waals surface area contributed by atoms with Crippen molar-refractivity contribution in [2.24, 2.45) is 0 Å². The van der Waals surface area contributed by atoms with Crippen LogP contribution in [0.5, 0.6) is 0 Å². The summed E-state index contributed by atoms with van der Waals surface area (Å²) in [5, 5.41) is 3.04. The van der Waals surface area contributed by atoms with Crippen molar-refractivity contribution in [1.29, 1.82) is 0 Å². The minimum atomic E-state index is 0.00275. The highest BCUT2D eigenvalue weighted by Gasteiger charge is 2.13. The van der Waals surface area contributed by atoms with E-state index in [9.17, 15) is 4.79 Å². The summed E-state index contributed by atoms with van der Waals surface area (Å²) in [6, 6.07) is 18.3. The van der Waals surface area contributed by atoms with Crippen molar-refractivity contribution in [3.05, 3.63) is 65.7 Å². The fourth-order valence-corrected chi connectivity index (χ4v) is 3.22. The Hall–Kier alpha value is -2.29. The number of piperidine rings is 1. The minimum Gasteiger partial charge on any atom is -0.372 e. The lowest BCUT2D eigenvalue weighted by atomic mass is 10.0. The highest BCUT2D eigenvalue weighted by Crippen LogP contribution is 2.20. The number of carbonyl (C=O) groups excluding carboxylic acids is 1. The zero-order valence-corrected chi connectivity index (χ0v) is 14.4. The van der Waals surface area contributed by atoms with Gasteiger partial charge in [-0.1, -0.05) is 37.3 Å². The van der Waals surface area contributed by atoms with Crippen LogP contribution in [-0.4, -0.2) is 25.5 Å². The lowest BCUT2D eigenvalue weighted by Crippen LogP contribution is -2.30. The quantitative estimate of drug-likeness (QED) is 0.894. The Bertz CT molecular complexity index is 645. The molecular weight excluding hydrogens is 296 g/mol. The van der Waals surface area contributed by atoms with Crippen molar-refractivity contribution in [3.63, 3.8) is 0 Å². The number of amides is 1. The summed E-state index contributed by atoms with van der Waals surface area (Å²) < 4.78 is 0. The van der Waals surface area contributed by atoms with Crippen LogP contribution in [0, 0.1) is 0 Å². The van der Waals surface area contributed by atoms with Gasteiger partial charge < -0.3 is 10.2 Å². The summed E-state index contributed by atoms with van der Waals surface area (Å²) in [5.41, 5.74) is 3.21. The van der Waals surface area contributed by atoms with E-state index in [2.05, 4.69) is 41.4 Å². The van der Waals surface area contributed by atoms with Gasteiger partial charge >= 0.3 is 0 Å². The largest absolute Gasteiger partial charge is 0.372 e. The van der Waals surface area contributed by atoms with Crippen molar-refractivity contribution in [3.8, 4) is 0 Å². The molecule has 3 nitrogen and oxygen atoms in total. The fraction of sp³-hybridized carbons (Fsp3) is 0.381. The molecule has 0 aliphatic carbocycles. The van der Waals surface area contributed by atoms with Crippen LogP contribution in [0.2, 0.25) is 0 Å². The molecule has 0 spiro atoms. The highest BCUT2D eigenvalue weighted by atomic mass is 16.1. The number of nitrogens with one attached hydrogen (secondary N) is 1. The first-order chi connectivity index (χ1) is 11.7. The van der Waals surface area contributed by atoms with Crippen LogP contribution in [0.3, 0.4) is 0 Å². The van der Waals surface area contributed by atoms with Gasteiger partial charge in [-0.05, 0) is 55.0 Å². The van der Waals surface area contributed by atoms with Crippen LogP contribution >= 0.6 is 0 Å². The van der Waals surface area contributed by atoms with E-state index in [1.807, 2.05) is 30.3 Å². The molecule has 0 bridgehead atoms. The molecular formula is C21H26N2O. The van der Waals surface area contributed by atoms with E-state index in [-0.39, 0.29) is 5.91 Å². The van der Waals surface area contributed by atoms with Gasteiger partial charge in [0.1, 0.15) is 0 Å². The predicted molar refractivity (Wildman–Crippen MR) is 99.7 cm³/mol. The van der Waals surface area contributed by atoms with Crippen molar-refractivity contribution in [2.75, 3.05) is 24.5 Å². The summed E-state index contributed by atoms with van der Waals surface area (Å²) >= 11 is 0. The molecule has 1 fully saturated rings. The number of rotatable bonds is 5. The summed E-state index contributed by atoms with van der Waals surface area (Å²) in [6.07, 6.45) is 3.86. The molecule has 1 aliphatic rings. The van der Waals surface area contributed by atoms with Crippen LogP contribution < -0.4 is 10.2 Å². The third-order valence-electron chi connectivity index (χ3n) is 4.79. The fourth-order valence-electron chi connectivity index (χ4n) is 3.22. The Kier molecular flexibility index (Phi) is 5.52. The molecule has 2 aromatic rings.